The van der Waals surface area contributed by atoms with Gasteiger partial charge in [0.05, 0.1) is 0 Å². The summed E-state index contributed by atoms with van der Waals surface area (Å²) in [6, 6.07) is 0. The predicted molar refractivity (Wildman–Crippen MR) is 38.5 cm³/mol. The molecule has 0 aliphatic carbocycles. The molecule has 0 unspecified atom stereocenters. The van der Waals surface area contributed by atoms with Crippen LogP contribution in [0.4, 0.5) is 4.79 Å². The van der Waals surface area contributed by atoms with E-state index in [1.807, 2.05) is 0 Å². The Hall–Kier alpha value is 0.406. The summed E-state index contributed by atoms with van der Waals surface area (Å²) in [4.78, 5) is 11.1. The minimum Gasteiger partial charge on any atom is -1.00 e. The third-order valence-corrected chi connectivity index (χ3v) is 1.44. The van der Waals surface area contributed by atoms with Gasteiger partial charge in [-0.3, -0.25) is 0 Å². The van der Waals surface area contributed by atoms with Gasteiger partial charge >= 0.3 is 23.1 Å². The SMILES string of the molecule is O=C([O-])N1CCNC1=S.[Br-].[Mg+2]. The minimum absolute atomic E-state index is 0. The van der Waals surface area contributed by atoms with Crippen LogP contribution in [0.25, 0.3) is 0 Å². The second-order valence-electron chi connectivity index (χ2n) is 1.65. The van der Waals surface area contributed by atoms with Crippen molar-refractivity contribution in [3.63, 3.8) is 0 Å². The minimum atomic E-state index is -1.23. The molecule has 1 rings (SSSR count). The van der Waals surface area contributed by atoms with E-state index < -0.39 is 6.09 Å². The molecular formula is C4H5BrMgN2O2S. The molecule has 1 aliphatic heterocycles. The molecule has 1 N–H and O–H groups in total. The van der Waals surface area contributed by atoms with Crippen LogP contribution in [0.2, 0.25) is 0 Å². The Morgan fingerprint density at radius 2 is 2.27 bits per heavy atom. The summed E-state index contributed by atoms with van der Waals surface area (Å²) in [6.45, 7) is 0.994. The van der Waals surface area contributed by atoms with E-state index in [0.29, 0.717) is 13.1 Å². The molecule has 1 heterocycles. The Bertz CT molecular complexity index is 168. The maximum Gasteiger partial charge on any atom is 2.00 e. The number of nitrogens with zero attached hydrogens (tertiary/aromatic N) is 1. The Labute approximate surface area is 96.2 Å². The summed E-state index contributed by atoms with van der Waals surface area (Å²) in [5, 5.41) is 13.0. The molecular weight excluding hydrogens is 244 g/mol. The van der Waals surface area contributed by atoms with E-state index in [9.17, 15) is 9.90 Å². The van der Waals surface area contributed by atoms with Crippen molar-refractivity contribution < 1.29 is 26.9 Å². The van der Waals surface area contributed by atoms with E-state index in [2.05, 4.69) is 17.5 Å². The maximum absolute atomic E-state index is 10.1. The quantitative estimate of drug-likeness (QED) is 0.346. The molecule has 4 nitrogen and oxygen atoms in total. The molecule has 11 heavy (non-hydrogen) atoms. The second-order valence-corrected chi connectivity index (χ2v) is 2.04. The summed E-state index contributed by atoms with van der Waals surface area (Å²) in [5.41, 5.74) is 0. The zero-order valence-corrected chi connectivity index (χ0v) is 9.49. The number of amides is 1. The smallest absolute Gasteiger partial charge is 1.00 e. The first-order valence-electron chi connectivity index (χ1n) is 2.48. The average Bonchev–Trinajstić information content (AvgIpc) is 2.13. The van der Waals surface area contributed by atoms with Crippen LogP contribution in [0.3, 0.4) is 0 Å². The first-order chi connectivity index (χ1) is 4.22. The molecule has 1 fully saturated rings. The number of hydrogen-bond donors (Lipinski definition) is 1. The van der Waals surface area contributed by atoms with Crippen LogP contribution in [0.15, 0.2) is 0 Å². The van der Waals surface area contributed by atoms with E-state index in [1.165, 1.54) is 0 Å². The summed E-state index contributed by atoms with van der Waals surface area (Å²) in [6.07, 6.45) is -1.23. The number of halogens is 1. The van der Waals surface area contributed by atoms with E-state index in [0.717, 1.165) is 4.90 Å². The van der Waals surface area contributed by atoms with Crippen LogP contribution in [0, 0.1) is 0 Å². The van der Waals surface area contributed by atoms with Crippen LogP contribution >= 0.6 is 12.2 Å². The molecule has 0 bridgehead atoms. The van der Waals surface area contributed by atoms with Crippen LogP contribution in [0.1, 0.15) is 0 Å². The van der Waals surface area contributed by atoms with Crippen LogP contribution in [-0.4, -0.2) is 52.2 Å². The fraction of sp³-hybridized carbons (Fsp3) is 0.500. The number of thiocarbonyl (C=S) groups is 1. The predicted octanol–water partition coefficient (Wildman–Crippen LogP) is -4.86. The molecule has 0 aromatic carbocycles. The fourth-order valence-electron chi connectivity index (χ4n) is 0.646. The summed E-state index contributed by atoms with van der Waals surface area (Å²) < 4.78 is 0. The average molecular weight is 249 g/mol. The van der Waals surface area contributed by atoms with Gasteiger partial charge in [0, 0.05) is 13.1 Å². The van der Waals surface area contributed by atoms with Gasteiger partial charge < -0.3 is 37.1 Å². The number of hydrogen-bond acceptors (Lipinski definition) is 3. The number of nitrogens with one attached hydrogen (secondary N) is 1. The largest absolute Gasteiger partial charge is 2.00 e. The molecule has 58 valence electrons. The molecule has 0 spiro atoms. The van der Waals surface area contributed by atoms with Gasteiger partial charge in [0.1, 0.15) is 6.09 Å². The first-order valence-corrected chi connectivity index (χ1v) is 2.89. The van der Waals surface area contributed by atoms with Gasteiger partial charge in [-0.2, -0.15) is 0 Å². The second kappa shape index (κ2) is 5.98. The van der Waals surface area contributed by atoms with Gasteiger partial charge in [0.25, 0.3) is 0 Å². The topological polar surface area (TPSA) is 55.4 Å². The van der Waals surface area contributed by atoms with Gasteiger partial charge in [-0.25, -0.2) is 0 Å². The van der Waals surface area contributed by atoms with Crippen LogP contribution < -0.4 is 27.4 Å². The van der Waals surface area contributed by atoms with Crippen LogP contribution in [-0.2, 0) is 0 Å². The molecule has 1 saturated heterocycles. The van der Waals surface area contributed by atoms with Crippen molar-refractivity contribution in [2.24, 2.45) is 0 Å². The number of carboxylic acid groups (broad SMARTS) is 1. The van der Waals surface area contributed by atoms with E-state index in [4.69, 9.17) is 0 Å². The van der Waals surface area contributed by atoms with Crippen molar-refractivity contribution in [3.05, 3.63) is 0 Å². The van der Waals surface area contributed by atoms with Crippen LogP contribution in [0.5, 0.6) is 0 Å². The van der Waals surface area contributed by atoms with Crippen molar-refractivity contribution in [2.45, 2.75) is 0 Å². The number of rotatable bonds is 0. The molecule has 0 aromatic rings. The molecule has 0 radical (unpaired) electrons. The van der Waals surface area contributed by atoms with Gasteiger partial charge in [-0.1, -0.05) is 0 Å². The molecule has 0 atom stereocenters. The number of carbonyl (C=O) groups is 1. The zero-order valence-electron chi connectivity index (χ0n) is 5.67. The molecule has 0 saturated carbocycles. The van der Waals surface area contributed by atoms with Gasteiger partial charge in [0.2, 0.25) is 0 Å². The number of carbonyl (C=O) groups excluding carboxylic acids is 1. The van der Waals surface area contributed by atoms with Crippen molar-refractivity contribution in [2.75, 3.05) is 13.1 Å². The Kier molecular flexibility index (Phi) is 7.59. The van der Waals surface area contributed by atoms with Gasteiger partial charge in [0.15, 0.2) is 5.11 Å². The van der Waals surface area contributed by atoms with Crippen molar-refractivity contribution in [1.29, 1.82) is 0 Å². The van der Waals surface area contributed by atoms with E-state index >= 15 is 0 Å². The Balaban J connectivity index is 0. The maximum atomic E-state index is 10.1. The Morgan fingerprint density at radius 3 is 2.45 bits per heavy atom. The van der Waals surface area contributed by atoms with Gasteiger partial charge in [-0.05, 0) is 12.2 Å². The van der Waals surface area contributed by atoms with Gasteiger partial charge in [-0.15, -0.1) is 0 Å². The van der Waals surface area contributed by atoms with Crippen molar-refractivity contribution in [1.82, 2.24) is 10.2 Å². The molecule has 7 heteroatoms. The molecule has 1 aliphatic rings. The summed E-state index contributed by atoms with van der Waals surface area (Å²) in [5.74, 6) is 0. The standard InChI is InChI=1S/C4H6N2O2S.BrH.Mg/c7-4(8)6-2-1-5-3(6)9;;/h1-2H2,(H,5,9)(H,7,8);1H;/q;;+2/p-2. The van der Waals surface area contributed by atoms with E-state index in [-0.39, 0.29) is 45.1 Å². The third-order valence-electron chi connectivity index (χ3n) is 1.08. The van der Waals surface area contributed by atoms with Crippen molar-refractivity contribution >= 4 is 46.5 Å². The first kappa shape index (κ1) is 14.0. The van der Waals surface area contributed by atoms with E-state index in [1.54, 1.807) is 0 Å². The normalized spacial score (nSPS) is 14.5. The zero-order chi connectivity index (χ0) is 6.85. The monoisotopic (exact) mass is 248 g/mol. The molecule has 1 amide bonds. The van der Waals surface area contributed by atoms with Crippen molar-refractivity contribution in [3.8, 4) is 0 Å². The summed E-state index contributed by atoms with van der Waals surface area (Å²) in [7, 11) is 0. The molecule has 0 aromatic heterocycles. The Morgan fingerprint density at radius 1 is 1.73 bits per heavy atom. The summed E-state index contributed by atoms with van der Waals surface area (Å²) >= 11 is 4.61. The fourth-order valence-corrected chi connectivity index (χ4v) is 0.914. The third kappa shape index (κ3) is 3.54.